The molecule has 0 aliphatic carbocycles. The Balaban J connectivity index is 1.41. The third-order valence-corrected chi connectivity index (χ3v) is 12.3. The molecular weight excluding hydrogens is 565 g/mol. The van der Waals surface area contributed by atoms with Gasteiger partial charge < -0.3 is 9.13 Å². The van der Waals surface area contributed by atoms with Crippen LogP contribution in [0, 0.1) is 0 Å². The molecule has 0 radical (unpaired) electrons. The predicted molar refractivity (Wildman–Crippen MR) is 193 cm³/mol. The summed E-state index contributed by atoms with van der Waals surface area (Å²) in [6.07, 6.45) is 0. The third kappa shape index (κ3) is 3.86. The SMILES string of the molecule is O=P(c1ccccc1)(c1ccccc1)c1ccc2c(c1)c1ccccc1c1cc3c4ccccc4n(-c4ccccc4)c3cc21. The van der Waals surface area contributed by atoms with Crippen LogP contribution in [-0.2, 0) is 4.57 Å². The van der Waals surface area contributed by atoms with Crippen molar-refractivity contribution in [3.05, 3.63) is 170 Å². The first-order valence-electron chi connectivity index (χ1n) is 15.3. The normalized spacial score (nSPS) is 12.1. The van der Waals surface area contributed by atoms with Gasteiger partial charge in [-0.3, -0.25) is 0 Å². The molecule has 0 saturated heterocycles. The Morgan fingerprint density at radius 1 is 0.333 bits per heavy atom. The fraction of sp³-hybridized carbons (Fsp3) is 0. The summed E-state index contributed by atoms with van der Waals surface area (Å²) in [5.74, 6) is 0. The van der Waals surface area contributed by atoms with Crippen molar-refractivity contribution in [1.29, 1.82) is 0 Å². The highest BCUT2D eigenvalue weighted by atomic mass is 31.2. The van der Waals surface area contributed by atoms with Gasteiger partial charge in [0.05, 0.1) is 11.0 Å². The molecule has 1 aromatic heterocycles. The minimum atomic E-state index is -3.13. The van der Waals surface area contributed by atoms with E-state index in [1.165, 1.54) is 43.4 Å². The molecule has 0 spiro atoms. The van der Waals surface area contributed by atoms with Crippen molar-refractivity contribution in [2.45, 2.75) is 0 Å². The van der Waals surface area contributed by atoms with Gasteiger partial charge in [-0.1, -0.05) is 133 Å². The quantitative estimate of drug-likeness (QED) is 0.147. The first-order valence-corrected chi connectivity index (χ1v) is 17.0. The lowest BCUT2D eigenvalue weighted by atomic mass is 9.93. The van der Waals surface area contributed by atoms with Gasteiger partial charge in [-0.25, -0.2) is 0 Å². The second-order valence-corrected chi connectivity index (χ2v) is 14.4. The highest BCUT2D eigenvalue weighted by Crippen LogP contribution is 2.45. The van der Waals surface area contributed by atoms with Crippen LogP contribution in [0.25, 0.3) is 59.8 Å². The maximum atomic E-state index is 15.3. The summed E-state index contributed by atoms with van der Waals surface area (Å²) >= 11 is 0. The van der Waals surface area contributed by atoms with Crippen LogP contribution >= 0.6 is 7.14 Å². The van der Waals surface area contributed by atoms with Crippen LogP contribution in [0.4, 0.5) is 0 Å². The summed E-state index contributed by atoms with van der Waals surface area (Å²) in [6.45, 7) is 0. The molecule has 212 valence electrons. The monoisotopic (exact) mass is 593 g/mol. The summed E-state index contributed by atoms with van der Waals surface area (Å²) in [4.78, 5) is 0. The molecule has 1 heterocycles. The number of aromatic nitrogens is 1. The second-order valence-electron chi connectivity index (χ2n) is 11.7. The van der Waals surface area contributed by atoms with Crippen LogP contribution < -0.4 is 15.9 Å². The van der Waals surface area contributed by atoms with E-state index in [0.29, 0.717) is 0 Å². The standard InChI is InChI=1S/C42H28NOP/c44-45(30-16-6-2-7-17-30,31-18-8-3-9-19-31)32-24-25-35-37(26-32)33-20-10-11-21-34(33)38-27-40-36-22-12-13-23-41(36)43(42(40)28-39(35)38)29-14-4-1-5-15-29/h1-28H. The molecule has 0 saturated carbocycles. The van der Waals surface area contributed by atoms with Gasteiger partial charge in [0.25, 0.3) is 0 Å². The Hall–Kier alpha value is -5.43. The molecule has 3 heteroatoms. The van der Waals surface area contributed by atoms with E-state index in [1.807, 2.05) is 60.7 Å². The number of para-hydroxylation sites is 2. The van der Waals surface area contributed by atoms with Crippen LogP contribution in [0.3, 0.4) is 0 Å². The van der Waals surface area contributed by atoms with E-state index >= 15 is 4.57 Å². The number of nitrogens with zero attached hydrogens (tertiary/aromatic N) is 1. The van der Waals surface area contributed by atoms with Gasteiger partial charge >= 0.3 is 0 Å². The fourth-order valence-electron chi connectivity index (χ4n) is 7.18. The van der Waals surface area contributed by atoms with Gasteiger partial charge in [-0.05, 0) is 68.7 Å². The number of hydrogen-bond acceptors (Lipinski definition) is 1. The smallest absolute Gasteiger partial charge is 0.171 e. The van der Waals surface area contributed by atoms with Crippen molar-refractivity contribution in [2.24, 2.45) is 0 Å². The Morgan fingerprint density at radius 2 is 0.822 bits per heavy atom. The number of fused-ring (bicyclic) bond motifs is 9. The van der Waals surface area contributed by atoms with Gasteiger partial charge in [-0.2, -0.15) is 0 Å². The predicted octanol–water partition coefficient (Wildman–Crippen LogP) is 9.88. The zero-order valence-corrected chi connectivity index (χ0v) is 25.4. The number of rotatable bonds is 4. The van der Waals surface area contributed by atoms with E-state index in [9.17, 15) is 0 Å². The van der Waals surface area contributed by atoms with Gasteiger partial charge in [0.1, 0.15) is 0 Å². The maximum Gasteiger partial charge on any atom is 0.171 e. The van der Waals surface area contributed by atoms with Gasteiger partial charge in [-0.15, -0.1) is 0 Å². The molecule has 9 rings (SSSR count). The molecule has 8 aromatic carbocycles. The van der Waals surface area contributed by atoms with Crippen molar-refractivity contribution in [3.8, 4) is 5.69 Å². The molecule has 0 bridgehead atoms. The molecular formula is C42H28NOP. The molecule has 0 unspecified atom stereocenters. The minimum absolute atomic E-state index is 0.842. The van der Waals surface area contributed by atoms with E-state index in [-0.39, 0.29) is 0 Å². The van der Waals surface area contributed by atoms with Crippen LogP contribution in [0.15, 0.2) is 170 Å². The van der Waals surface area contributed by atoms with E-state index in [1.54, 1.807) is 0 Å². The summed E-state index contributed by atoms with van der Waals surface area (Å²) in [5, 5.41) is 12.1. The van der Waals surface area contributed by atoms with E-state index in [0.717, 1.165) is 32.4 Å². The van der Waals surface area contributed by atoms with Crippen molar-refractivity contribution in [3.63, 3.8) is 0 Å². The molecule has 0 fully saturated rings. The van der Waals surface area contributed by atoms with Crippen molar-refractivity contribution in [2.75, 3.05) is 0 Å². The number of benzene rings is 8. The Labute approximate surface area is 261 Å². The fourth-order valence-corrected chi connectivity index (χ4v) is 9.85. The van der Waals surface area contributed by atoms with Gasteiger partial charge in [0.2, 0.25) is 0 Å². The molecule has 0 aliphatic rings. The molecule has 0 N–H and O–H groups in total. The molecule has 0 aliphatic heterocycles. The van der Waals surface area contributed by atoms with Crippen LogP contribution in [0.1, 0.15) is 0 Å². The van der Waals surface area contributed by atoms with Crippen LogP contribution in [0.2, 0.25) is 0 Å². The zero-order chi connectivity index (χ0) is 30.0. The van der Waals surface area contributed by atoms with Crippen molar-refractivity contribution in [1.82, 2.24) is 4.57 Å². The van der Waals surface area contributed by atoms with Crippen molar-refractivity contribution < 1.29 is 4.57 Å². The topological polar surface area (TPSA) is 22.0 Å². The average Bonchev–Trinajstić information content (AvgIpc) is 3.45. The second kappa shape index (κ2) is 10.1. The van der Waals surface area contributed by atoms with Crippen molar-refractivity contribution >= 4 is 77.2 Å². The molecule has 9 aromatic rings. The number of hydrogen-bond donors (Lipinski definition) is 0. The summed E-state index contributed by atoms with van der Waals surface area (Å²) < 4.78 is 17.7. The Kier molecular flexibility index (Phi) is 5.81. The largest absolute Gasteiger partial charge is 0.309 e. The summed E-state index contributed by atoms with van der Waals surface area (Å²) in [5.41, 5.74) is 3.51. The first-order chi connectivity index (χ1) is 22.2. The highest BCUT2D eigenvalue weighted by molar-refractivity contribution is 7.85. The first kappa shape index (κ1) is 26.0. The summed E-state index contributed by atoms with van der Waals surface area (Å²) in [7, 11) is -3.13. The lowest BCUT2D eigenvalue weighted by molar-refractivity contribution is 0.592. The van der Waals surface area contributed by atoms with Gasteiger partial charge in [0, 0.05) is 32.4 Å². The minimum Gasteiger partial charge on any atom is -0.309 e. The Morgan fingerprint density at radius 3 is 1.47 bits per heavy atom. The van der Waals surface area contributed by atoms with E-state index < -0.39 is 7.14 Å². The van der Waals surface area contributed by atoms with E-state index in [2.05, 4.69) is 114 Å². The molecule has 2 nitrogen and oxygen atoms in total. The third-order valence-electron chi connectivity index (χ3n) is 9.23. The lowest BCUT2D eigenvalue weighted by Gasteiger charge is -2.21. The Bertz CT molecular complexity index is 2560. The average molecular weight is 594 g/mol. The highest BCUT2D eigenvalue weighted by Gasteiger charge is 2.30. The molecule has 45 heavy (non-hydrogen) atoms. The lowest BCUT2D eigenvalue weighted by Crippen LogP contribution is -2.24. The molecule has 0 amide bonds. The van der Waals surface area contributed by atoms with E-state index in [4.69, 9.17) is 0 Å². The van der Waals surface area contributed by atoms with Crippen LogP contribution in [0.5, 0.6) is 0 Å². The van der Waals surface area contributed by atoms with Gasteiger partial charge in [0.15, 0.2) is 7.14 Å². The van der Waals surface area contributed by atoms with Crippen LogP contribution in [-0.4, -0.2) is 4.57 Å². The maximum absolute atomic E-state index is 15.3. The molecule has 0 atom stereocenters. The summed E-state index contributed by atoms with van der Waals surface area (Å²) in [6, 6.07) is 59.0. The zero-order valence-electron chi connectivity index (χ0n) is 24.5.